The highest BCUT2D eigenvalue weighted by Gasteiger charge is 2.33. The molecule has 0 aliphatic carbocycles. The Labute approximate surface area is 145 Å². The summed E-state index contributed by atoms with van der Waals surface area (Å²) in [6.45, 7) is 9.63. The summed E-state index contributed by atoms with van der Waals surface area (Å²) in [5, 5.41) is 0. The molecule has 5 nitrogen and oxygen atoms in total. The first kappa shape index (κ1) is 18.7. The fourth-order valence-corrected chi connectivity index (χ4v) is 3.04. The van der Waals surface area contributed by atoms with Crippen molar-refractivity contribution in [1.29, 1.82) is 0 Å². The quantitative estimate of drug-likeness (QED) is 0.799. The number of hydrogen-bond acceptors (Lipinski definition) is 4. The number of aryl methyl sites for hydroxylation is 1. The first-order valence-electron chi connectivity index (χ1n) is 8.91. The fraction of sp³-hybridized carbons (Fsp3) is 0.684. The smallest absolute Gasteiger partial charge is 0.257 e. The summed E-state index contributed by atoms with van der Waals surface area (Å²) in [7, 11) is 1.57. The molecule has 24 heavy (non-hydrogen) atoms. The van der Waals surface area contributed by atoms with Crippen molar-refractivity contribution < 1.29 is 14.3 Å². The molecule has 2 rings (SSSR count). The number of hydrogen-bond donors (Lipinski definition) is 0. The molecule has 1 aliphatic rings. The summed E-state index contributed by atoms with van der Waals surface area (Å²) in [5.41, 5.74) is 1.40. The first-order chi connectivity index (χ1) is 11.5. The van der Waals surface area contributed by atoms with E-state index in [-0.39, 0.29) is 18.1 Å². The molecule has 1 aromatic rings. The van der Waals surface area contributed by atoms with Gasteiger partial charge in [-0.1, -0.05) is 33.6 Å². The van der Waals surface area contributed by atoms with Gasteiger partial charge < -0.3 is 14.4 Å². The van der Waals surface area contributed by atoms with Gasteiger partial charge in [-0.2, -0.15) is 0 Å². The Morgan fingerprint density at radius 2 is 2.21 bits per heavy atom. The summed E-state index contributed by atoms with van der Waals surface area (Å²) in [6, 6.07) is 1.81. The third kappa shape index (κ3) is 4.47. The van der Waals surface area contributed by atoms with Gasteiger partial charge in [0.2, 0.25) is 0 Å². The average molecular weight is 334 g/mol. The minimum absolute atomic E-state index is 0.00722. The Kier molecular flexibility index (Phi) is 6.60. The lowest BCUT2D eigenvalue weighted by Crippen LogP contribution is -2.51. The lowest BCUT2D eigenvalue weighted by molar-refractivity contribution is -0.0963. The molecule has 0 N–H and O–H groups in total. The van der Waals surface area contributed by atoms with Crippen LogP contribution in [0.2, 0.25) is 0 Å². The van der Waals surface area contributed by atoms with Crippen molar-refractivity contribution in [3.8, 4) is 5.75 Å². The lowest BCUT2D eigenvalue weighted by Gasteiger charge is -2.40. The molecular formula is C19H30N2O3. The number of carbonyl (C=O) groups is 1. The number of aromatic nitrogens is 1. The molecular weight excluding hydrogens is 304 g/mol. The summed E-state index contributed by atoms with van der Waals surface area (Å²) in [6.07, 6.45) is 5.07. The molecule has 0 saturated carbocycles. The zero-order valence-corrected chi connectivity index (χ0v) is 15.5. The van der Waals surface area contributed by atoms with E-state index in [0.717, 1.165) is 25.0 Å². The number of methoxy groups -OCH3 is 1. The van der Waals surface area contributed by atoms with Gasteiger partial charge >= 0.3 is 0 Å². The molecule has 1 amide bonds. The second kappa shape index (κ2) is 8.47. The molecule has 134 valence electrons. The Bertz CT molecular complexity index is 560. The van der Waals surface area contributed by atoms with Crippen molar-refractivity contribution >= 4 is 5.91 Å². The van der Waals surface area contributed by atoms with Crippen LogP contribution in [0.4, 0.5) is 0 Å². The molecule has 0 radical (unpaired) electrons. The highest BCUT2D eigenvalue weighted by atomic mass is 16.5. The van der Waals surface area contributed by atoms with Crippen LogP contribution in [0.5, 0.6) is 5.75 Å². The second-order valence-corrected chi connectivity index (χ2v) is 6.92. The number of amides is 1. The number of unbranched alkanes of at least 4 members (excludes halogenated alkanes) is 1. The third-order valence-electron chi connectivity index (χ3n) is 4.56. The van der Waals surface area contributed by atoms with E-state index in [1.165, 1.54) is 0 Å². The van der Waals surface area contributed by atoms with Gasteiger partial charge in [-0.05, 0) is 25.3 Å². The molecule has 0 bridgehead atoms. The fourth-order valence-electron chi connectivity index (χ4n) is 3.04. The third-order valence-corrected chi connectivity index (χ3v) is 4.56. The summed E-state index contributed by atoms with van der Waals surface area (Å²) < 4.78 is 11.5. The minimum Gasteiger partial charge on any atom is -0.494 e. The van der Waals surface area contributed by atoms with Crippen LogP contribution in [-0.2, 0) is 4.74 Å². The monoisotopic (exact) mass is 334 g/mol. The maximum atomic E-state index is 13.1. The van der Waals surface area contributed by atoms with Crippen LogP contribution in [0.3, 0.4) is 0 Å². The van der Waals surface area contributed by atoms with Gasteiger partial charge in [-0.15, -0.1) is 0 Å². The second-order valence-electron chi connectivity index (χ2n) is 6.92. The zero-order chi connectivity index (χ0) is 17.7. The van der Waals surface area contributed by atoms with Gasteiger partial charge in [0.15, 0.2) is 0 Å². The van der Waals surface area contributed by atoms with Crippen molar-refractivity contribution in [3.63, 3.8) is 0 Å². The molecule has 0 aromatic carbocycles. The van der Waals surface area contributed by atoms with Crippen molar-refractivity contribution in [2.24, 2.45) is 5.92 Å². The number of rotatable bonds is 6. The van der Waals surface area contributed by atoms with Gasteiger partial charge in [0.1, 0.15) is 5.75 Å². The number of ether oxygens (including phenoxy) is 2. The van der Waals surface area contributed by atoms with Gasteiger partial charge in [0, 0.05) is 18.8 Å². The maximum Gasteiger partial charge on any atom is 0.257 e. The average Bonchev–Trinajstić information content (AvgIpc) is 2.58. The van der Waals surface area contributed by atoms with Crippen LogP contribution >= 0.6 is 0 Å². The Hall–Kier alpha value is -1.62. The SMILES string of the molecule is CCCC[C@@H]1CN(C(=O)c2cc(C)ncc2OC)C[C@H](C(C)C)O1. The molecule has 1 fully saturated rings. The predicted molar refractivity (Wildman–Crippen MR) is 94.5 cm³/mol. The molecule has 1 aromatic heterocycles. The topological polar surface area (TPSA) is 51.7 Å². The van der Waals surface area contributed by atoms with Crippen LogP contribution in [0.25, 0.3) is 0 Å². The van der Waals surface area contributed by atoms with Crippen molar-refractivity contribution in [3.05, 3.63) is 23.5 Å². The van der Waals surface area contributed by atoms with Gasteiger partial charge in [0.25, 0.3) is 5.91 Å². The Morgan fingerprint density at radius 1 is 1.46 bits per heavy atom. The molecule has 5 heteroatoms. The minimum atomic E-state index is 0.00722. The van der Waals surface area contributed by atoms with Crippen LogP contribution < -0.4 is 4.74 Å². The van der Waals surface area contributed by atoms with Gasteiger partial charge in [0.05, 0.1) is 31.1 Å². The van der Waals surface area contributed by atoms with E-state index in [1.54, 1.807) is 13.3 Å². The standard InChI is InChI=1S/C19H30N2O3/c1-6-7-8-15-11-21(12-18(24-15)13(2)3)19(22)16-9-14(4)20-10-17(16)23-5/h9-10,13,15,18H,6-8,11-12H2,1-5H3/t15-,18-/m1/s1. The van der Waals surface area contributed by atoms with Gasteiger partial charge in [-0.3, -0.25) is 9.78 Å². The molecule has 1 saturated heterocycles. The first-order valence-corrected chi connectivity index (χ1v) is 8.91. The van der Waals surface area contributed by atoms with Crippen LogP contribution in [-0.4, -0.2) is 48.2 Å². The summed E-state index contributed by atoms with van der Waals surface area (Å²) in [4.78, 5) is 19.2. The number of carbonyl (C=O) groups excluding carboxylic acids is 1. The number of nitrogens with zero attached hydrogens (tertiary/aromatic N) is 2. The lowest BCUT2D eigenvalue weighted by atomic mass is 10.0. The zero-order valence-electron chi connectivity index (χ0n) is 15.5. The Morgan fingerprint density at radius 3 is 2.83 bits per heavy atom. The van der Waals surface area contributed by atoms with Crippen LogP contribution in [0, 0.1) is 12.8 Å². The van der Waals surface area contributed by atoms with E-state index in [9.17, 15) is 4.79 Å². The van der Waals surface area contributed by atoms with E-state index < -0.39 is 0 Å². The Balaban J connectivity index is 2.21. The molecule has 2 atom stereocenters. The van der Waals surface area contributed by atoms with Crippen molar-refractivity contribution in [1.82, 2.24) is 9.88 Å². The highest BCUT2D eigenvalue weighted by molar-refractivity contribution is 5.97. The van der Waals surface area contributed by atoms with E-state index in [2.05, 4.69) is 25.8 Å². The van der Waals surface area contributed by atoms with E-state index in [1.807, 2.05) is 17.9 Å². The van der Waals surface area contributed by atoms with Crippen molar-refractivity contribution in [2.45, 2.75) is 59.2 Å². The molecule has 0 unspecified atom stereocenters. The van der Waals surface area contributed by atoms with E-state index >= 15 is 0 Å². The van der Waals surface area contributed by atoms with Crippen LogP contribution in [0.1, 0.15) is 56.1 Å². The summed E-state index contributed by atoms with van der Waals surface area (Å²) >= 11 is 0. The molecule has 0 spiro atoms. The predicted octanol–water partition coefficient (Wildman–Crippen LogP) is 3.45. The van der Waals surface area contributed by atoms with Crippen LogP contribution in [0.15, 0.2) is 12.3 Å². The van der Waals surface area contributed by atoms with E-state index in [4.69, 9.17) is 9.47 Å². The number of morpholine rings is 1. The normalized spacial score (nSPS) is 21.2. The number of pyridine rings is 1. The summed E-state index contributed by atoms with van der Waals surface area (Å²) in [5.74, 6) is 0.918. The highest BCUT2D eigenvalue weighted by Crippen LogP contribution is 2.25. The molecule has 1 aliphatic heterocycles. The molecule has 2 heterocycles. The van der Waals surface area contributed by atoms with Gasteiger partial charge in [-0.25, -0.2) is 0 Å². The van der Waals surface area contributed by atoms with Crippen molar-refractivity contribution in [2.75, 3.05) is 20.2 Å². The van der Waals surface area contributed by atoms with E-state index in [0.29, 0.717) is 30.3 Å². The maximum absolute atomic E-state index is 13.1. The largest absolute Gasteiger partial charge is 0.494 e.